The van der Waals surface area contributed by atoms with E-state index in [1.165, 1.54) is 4.31 Å². The van der Waals surface area contributed by atoms with Crippen LogP contribution in [0.1, 0.15) is 48.2 Å². The van der Waals surface area contributed by atoms with Gasteiger partial charge in [0.05, 0.1) is 12.3 Å². The van der Waals surface area contributed by atoms with Crippen LogP contribution in [-0.4, -0.2) is 56.5 Å². The lowest BCUT2D eigenvalue weighted by molar-refractivity contribution is 0.309. The van der Waals surface area contributed by atoms with E-state index < -0.39 is 10.0 Å². The molecule has 1 fully saturated rings. The summed E-state index contributed by atoms with van der Waals surface area (Å²) < 4.78 is 27.7. The Morgan fingerprint density at radius 2 is 2.07 bits per heavy atom. The van der Waals surface area contributed by atoms with Gasteiger partial charge in [-0.05, 0) is 44.7 Å². The maximum atomic E-state index is 12.6. The van der Waals surface area contributed by atoms with E-state index in [-0.39, 0.29) is 22.7 Å². The molecule has 1 atom stereocenters. The minimum absolute atomic E-state index is 0.0647. The summed E-state index contributed by atoms with van der Waals surface area (Å²) in [5.41, 5.74) is 3.62. The normalized spacial score (nSPS) is 18.2. The Bertz CT molecular complexity index is 1250. The van der Waals surface area contributed by atoms with Crippen molar-refractivity contribution in [1.82, 2.24) is 29.3 Å². The van der Waals surface area contributed by atoms with E-state index in [1.54, 1.807) is 11.6 Å². The fraction of sp³-hybridized carbons (Fsp3) is 0.500. The summed E-state index contributed by atoms with van der Waals surface area (Å²) in [5.74, 6) is 0.393. The van der Waals surface area contributed by atoms with E-state index in [0.29, 0.717) is 31.1 Å². The second kappa shape index (κ2) is 7.92. The van der Waals surface area contributed by atoms with E-state index in [2.05, 4.69) is 38.5 Å². The fourth-order valence-electron chi connectivity index (χ4n) is 3.92. The van der Waals surface area contributed by atoms with Gasteiger partial charge in [0.15, 0.2) is 11.2 Å². The summed E-state index contributed by atoms with van der Waals surface area (Å²) in [6, 6.07) is 6.20. The minimum Gasteiger partial charge on any atom is -0.308 e. The Morgan fingerprint density at radius 1 is 1.27 bits per heavy atom. The first-order valence-electron chi connectivity index (χ1n) is 10.2. The van der Waals surface area contributed by atoms with Crippen molar-refractivity contribution in [1.29, 1.82) is 0 Å². The Balaban J connectivity index is 1.70. The lowest BCUT2D eigenvalue weighted by Crippen LogP contribution is -2.40. The number of nitrogens with zero attached hydrogens (tertiary/aromatic N) is 5. The number of hydrogen-bond donors (Lipinski definition) is 1. The maximum Gasteiger partial charge on any atom is 0.281 e. The second-order valence-electron chi connectivity index (χ2n) is 7.90. The van der Waals surface area contributed by atoms with Crippen molar-refractivity contribution in [2.24, 2.45) is 0 Å². The van der Waals surface area contributed by atoms with E-state index in [1.807, 2.05) is 13.8 Å². The lowest BCUT2D eigenvalue weighted by Gasteiger charge is -2.31. The van der Waals surface area contributed by atoms with Crippen LogP contribution in [-0.2, 0) is 16.6 Å². The van der Waals surface area contributed by atoms with Crippen LogP contribution in [0.3, 0.4) is 0 Å². The molecule has 1 N–H and O–H groups in total. The van der Waals surface area contributed by atoms with Gasteiger partial charge in [-0.3, -0.25) is 4.79 Å². The monoisotopic (exact) mass is 430 g/mol. The van der Waals surface area contributed by atoms with Gasteiger partial charge in [0.25, 0.3) is 5.56 Å². The number of rotatable bonds is 5. The third-order valence-electron chi connectivity index (χ3n) is 5.75. The van der Waals surface area contributed by atoms with Crippen LogP contribution >= 0.6 is 0 Å². The highest BCUT2D eigenvalue weighted by atomic mass is 32.2. The summed E-state index contributed by atoms with van der Waals surface area (Å²) in [5, 5.41) is 8.17. The highest BCUT2D eigenvalue weighted by Crippen LogP contribution is 2.26. The largest absolute Gasteiger partial charge is 0.308 e. The molecule has 3 aromatic rings. The molecule has 0 aliphatic carbocycles. The average molecular weight is 431 g/mol. The number of aromatic nitrogens is 5. The summed E-state index contributed by atoms with van der Waals surface area (Å²) in [6.07, 6.45) is 1.49. The van der Waals surface area contributed by atoms with E-state index in [9.17, 15) is 13.2 Å². The number of hydrogen-bond acceptors (Lipinski definition) is 6. The van der Waals surface area contributed by atoms with Crippen molar-refractivity contribution in [3.05, 3.63) is 51.1 Å². The molecule has 0 amide bonds. The van der Waals surface area contributed by atoms with Crippen LogP contribution in [0.4, 0.5) is 0 Å². The van der Waals surface area contributed by atoms with Crippen LogP contribution in [0, 0.1) is 13.8 Å². The molecule has 0 saturated carbocycles. The quantitative estimate of drug-likeness (QED) is 0.659. The first kappa shape index (κ1) is 20.7. The maximum absolute atomic E-state index is 12.6. The molecule has 9 nitrogen and oxygen atoms in total. The van der Waals surface area contributed by atoms with Gasteiger partial charge >= 0.3 is 0 Å². The van der Waals surface area contributed by atoms with Crippen molar-refractivity contribution in [2.75, 3.05) is 18.8 Å². The molecule has 0 bridgehead atoms. The van der Waals surface area contributed by atoms with Crippen LogP contribution in [0.2, 0.25) is 0 Å². The summed E-state index contributed by atoms with van der Waals surface area (Å²) in [7, 11) is -3.28. The number of nitrogens with one attached hydrogen (secondary N) is 1. The van der Waals surface area contributed by atoms with Crippen molar-refractivity contribution >= 4 is 21.2 Å². The molecule has 4 rings (SSSR count). The number of aromatic amines is 1. The van der Waals surface area contributed by atoms with Crippen LogP contribution in [0.15, 0.2) is 23.0 Å². The highest BCUT2D eigenvalue weighted by molar-refractivity contribution is 7.89. The predicted molar refractivity (Wildman–Crippen MR) is 114 cm³/mol. The van der Waals surface area contributed by atoms with Crippen molar-refractivity contribution < 1.29 is 8.42 Å². The summed E-state index contributed by atoms with van der Waals surface area (Å²) in [4.78, 5) is 20.1. The SMILES string of the molecule is CCS(=O)(=O)N1CCC[C@@H](c2nc3c(nnn3Cc3cc(C)ccc3C)c(=O)[nH]2)C1. The van der Waals surface area contributed by atoms with Gasteiger partial charge in [-0.2, -0.15) is 0 Å². The Hall–Kier alpha value is -2.59. The smallest absolute Gasteiger partial charge is 0.281 e. The number of benzene rings is 1. The Kier molecular flexibility index (Phi) is 5.46. The van der Waals surface area contributed by atoms with Gasteiger partial charge < -0.3 is 4.98 Å². The molecule has 160 valence electrons. The number of fused-ring (bicyclic) bond motifs is 1. The molecule has 2 aromatic heterocycles. The van der Waals surface area contributed by atoms with Crippen LogP contribution in [0.25, 0.3) is 11.2 Å². The van der Waals surface area contributed by atoms with E-state index in [0.717, 1.165) is 29.5 Å². The van der Waals surface area contributed by atoms with Gasteiger partial charge in [0.1, 0.15) is 5.82 Å². The van der Waals surface area contributed by atoms with Gasteiger partial charge in [-0.1, -0.05) is 29.0 Å². The standard InChI is InChI=1S/C20H26N6O3S/c1-4-30(28,29)25-9-5-6-15(11-25)18-21-19-17(20(27)22-18)23-24-26(19)12-16-10-13(2)7-8-14(16)3/h7-8,10,15H,4-6,9,11-12H2,1-3H3,(H,21,22,27)/t15-/m1/s1. The van der Waals surface area contributed by atoms with E-state index >= 15 is 0 Å². The van der Waals surface area contributed by atoms with Gasteiger partial charge in [0, 0.05) is 19.0 Å². The Morgan fingerprint density at radius 3 is 2.83 bits per heavy atom. The molecule has 0 unspecified atom stereocenters. The number of H-pyrrole nitrogens is 1. The molecule has 1 aromatic carbocycles. The molecule has 30 heavy (non-hydrogen) atoms. The van der Waals surface area contributed by atoms with Crippen LogP contribution in [0.5, 0.6) is 0 Å². The average Bonchev–Trinajstić information content (AvgIpc) is 3.14. The predicted octanol–water partition coefficient (Wildman–Crippen LogP) is 1.71. The third kappa shape index (κ3) is 3.89. The lowest BCUT2D eigenvalue weighted by atomic mass is 9.99. The van der Waals surface area contributed by atoms with Gasteiger partial charge in [-0.15, -0.1) is 5.10 Å². The molecular formula is C20H26N6O3S. The zero-order valence-corrected chi connectivity index (χ0v) is 18.2. The molecule has 0 spiro atoms. The topological polar surface area (TPSA) is 114 Å². The molecule has 1 aliphatic heterocycles. The third-order valence-corrected chi connectivity index (χ3v) is 7.59. The second-order valence-corrected chi connectivity index (χ2v) is 10.2. The zero-order chi connectivity index (χ0) is 21.5. The molecule has 10 heteroatoms. The van der Waals surface area contributed by atoms with Gasteiger partial charge in [0.2, 0.25) is 10.0 Å². The molecule has 3 heterocycles. The molecular weight excluding hydrogens is 404 g/mol. The number of piperidine rings is 1. The summed E-state index contributed by atoms with van der Waals surface area (Å²) in [6.45, 7) is 6.99. The van der Waals surface area contributed by atoms with Crippen LogP contribution < -0.4 is 5.56 Å². The highest BCUT2D eigenvalue weighted by Gasteiger charge is 2.30. The zero-order valence-electron chi connectivity index (χ0n) is 17.4. The van der Waals surface area contributed by atoms with E-state index in [4.69, 9.17) is 0 Å². The molecule has 0 radical (unpaired) electrons. The molecule has 1 saturated heterocycles. The van der Waals surface area contributed by atoms with Crippen molar-refractivity contribution in [2.45, 2.75) is 46.1 Å². The number of aryl methyl sites for hydroxylation is 2. The van der Waals surface area contributed by atoms with Crippen molar-refractivity contribution in [3.8, 4) is 0 Å². The first-order valence-corrected chi connectivity index (χ1v) is 11.8. The van der Waals surface area contributed by atoms with Gasteiger partial charge in [-0.25, -0.2) is 22.4 Å². The number of sulfonamides is 1. The fourth-order valence-corrected chi connectivity index (χ4v) is 5.10. The minimum atomic E-state index is -3.28. The summed E-state index contributed by atoms with van der Waals surface area (Å²) >= 11 is 0. The first-order chi connectivity index (χ1) is 14.3. The van der Waals surface area contributed by atoms with Crippen molar-refractivity contribution in [3.63, 3.8) is 0 Å². The Labute approximate surface area is 175 Å². The molecule has 1 aliphatic rings.